The number of Topliss-reactive ketones (excluding diaryl/α,β-unsaturated/α-hetero) is 2. The zero-order valence-electron chi connectivity index (χ0n) is 40.8. The van der Waals surface area contributed by atoms with E-state index in [0.717, 1.165) is 4.90 Å². The molecular formula is C45H73N11O13S. The van der Waals surface area contributed by atoms with Crippen LogP contribution in [0.1, 0.15) is 91.5 Å². The molecule has 24 nitrogen and oxygen atoms in total. The van der Waals surface area contributed by atoms with E-state index in [1.165, 1.54) is 43.0 Å². The van der Waals surface area contributed by atoms with Crippen LogP contribution < -0.4 is 54.6 Å². The fraction of sp³-hybridized carbons (Fsp3) is 0.622. The molecule has 1 unspecified atom stereocenters. The third kappa shape index (κ3) is 23.9. The molecule has 1 rings (SSSR count). The van der Waals surface area contributed by atoms with Crippen LogP contribution in [0.2, 0.25) is 0 Å². The van der Waals surface area contributed by atoms with Crippen molar-refractivity contribution in [2.45, 2.75) is 129 Å². The summed E-state index contributed by atoms with van der Waals surface area (Å²) in [6.45, 7) is 6.57. The molecule has 0 spiro atoms. The number of carbonyl (C=O) groups is 11. The van der Waals surface area contributed by atoms with Gasteiger partial charge in [-0.05, 0) is 74.1 Å². The van der Waals surface area contributed by atoms with Crippen LogP contribution in [0, 0.1) is 11.8 Å². The summed E-state index contributed by atoms with van der Waals surface area (Å²) in [6, 6.07) is -2.49. The van der Waals surface area contributed by atoms with Gasteiger partial charge in [0.05, 0.1) is 31.6 Å². The topological polar surface area (TPSA) is 394 Å². The number of hydrazine groups is 1. The minimum absolute atomic E-state index is 0.0197. The van der Waals surface area contributed by atoms with E-state index in [9.17, 15) is 63.0 Å². The summed E-state index contributed by atoms with van der Waals surface area (Å²) < 4.78 is 0. The number of rotatable bonds is 36. The van der Waals surface area contributed by atoms with Gasteiger partial charge in [0.15, 0.2) is 0 Å². The lowest BCUT2D eigenvalue weighted by molar-refractivity contribution is -0.142. The Kier molecular flexibility index (Phi) is 28.8. The van der Waals surface area contributed by atoms with Crippen LogP contribution >= 0.6 is 11.8 Å². The summed E-state index contributed by atoms with van der Waals surface area (Å²) in [5.41, 5.74) is 21.6. The quantitative estimate of drug-likeness (QED) is 0.0182. The molecule has 9 amide bonds. The molecule has 0 heterocycles. The van der Waals surface area contributed by atoms with Crippen LogP contribution in [-0.4, -0.2) is 154 Å². The number of thioether (sulfide) groups is 1. The number of benzene rings is 1. The minimum atomic E-state index is -1.59. The summed E-state index contributed by atoms with van der Waals surface area (Å²) in [4.78, 5) is 145. The first-order valence-corrected chi connectivity index (χ1v) is 24.4. The van der Waals surface area contributed by atoms with Gasteiger partial charge in [-0.1, -0.05) is 46.2 Å². The third-order valence-electron chi connectivity index (χ3n) is 10.7. The van der Waals surface area contributed by atoms with Crippen LogP contribution in [0.5, 0.6) is 5.75 Å². The van der Waals surface area contributed by atoms with E-state index in [-0.39, 0.29) is 56.9 Å². The highest BCUT2D eigenvalue weighted by molar-refractivity contribution is 7.98. The lowest BCUT2D eigenvalue weighted by Crippen LogP contribution is -2.61. The van der Waals surface area contributed by atoms with E-state index in [0.29, 0.717) is 24.2 Å². The van der Waals surface area contributed by atoms with Gasteiger partial charge in [0.2, 0.25) is 64.7 Å². The minimum Gasteiger partial charge on any atom is -0.508 e. The molecule has 15 N–H and O–H groups in total. The Balaban J connectivity index is 3.36. The second-order valence-electron chi connectivity index (χ2n) is 17.3. The van der Waals surface area contributed by atoms with Gasteiger partial charge in [0.1, 0.15) is 29.9 Å². The number of nitrogens with one attached hydrogen (secondary N) is 7. The summed E-state index contributed by atoms with van der Waals surface area (Å²) in [7, 11) is 0. The number of aliphatic hydroxyl groups excluding tert-OH is 1. The van der Waals surface area contributed by atoms with Crippen molar-refractivity contribution in [2.75, 3.05) is 38.2 Å². The highest BCUT2D eigenvalue weighted by atomic mass is 32.2. The number of aromatic hydroxyl groups is 1. The monoisotopic (exact) mass is 1010 g/mol. The smallest absolute Gasteiger partial charge is 0.245 e. The number of ketones is 2. The van der Waals surface area contributed by atoms with Crippen molar-refractivity contribution in [2.24, 2.45) is 29.0 Å². The van der Waals surface area contributed by atoms with Crippen molar-refractivity contribution in [1.29, 1.82) is 0 Å². The molecule has 0 aliphatic rings. The number of aliphatic hydroxyl groups is 1. The lowest BCUT2D eigenvalue weighted by atomic mass is 9.89. The van der Waals surface area contributed by atoms with Gasteiger partial charge >= 0.3 is 0 Å². The average Bonchev–Trinajstić information content (AvgIpc) is 3.29. The Bertz CT molecular complexity index is 1960. The Morgan fingerprint density at radius 2 is 1.31 bits per heavy atom. The van der Waals surface area contributed by atoms with Crippen LogP contribution in [0.25, 0.3) is 0 Å². The largest absolute Gasteiger partial charge is 0.508 e. The molecule has 1 aromatic rings. The van der Waals surface area contributed by atoms with Gasteiger partial charge in [-0.3, -0.25) is 52.7 Å². The molecule has 70 heavy (non-hydrogen) atoms. The summed E-state index contributed by atoms with van der Waals surface area (Å²) in [6.07, 6.45) is 1.40. The van der Waals surface area contributed by atoms with E-state index < -0.39 is 133 Å². The zero-order chi connectivity index (χ0) is 53.1. The molecule has 392 valence electrons. The molecular weight excluding hydrogens is 935 g/mol. The number of phenols is 1. The zero-order valence-corrected chi connectivity index (χ0v) is 41.6. The van der Waals surface area contributed by atoms with Gasteiger partial charge in [0, 0.05) is 32.4 Å². The number of nitrogens with two attached hydrogens (primary N) is 3. The maximum atomic E-state index is 14.1. The number of carbonyl (C=O) groups excluding carboxylic acids is 11. The highest BCUT2D eigenvalue weighted by Crippen LogP contribution is 2.16. The standard InChI is InChI=1S/C45H73N11O13S/c1-7-26(4)39(41(65)40(64)31(51-37(62)10-8-19-70-6)21-28-11-13-29(58)14-12-28)53-43(67)30(15-16-34(46)59)54-55-33(22-35(47)60)44(68)50-27(5)45(69)56(17-9-18-57)24-38(63)52-32(20-25(2)3)42(66)49-23-36(48)61/h11-14,25-27,30-33,39,54-55,57-58H,7-10,15-24H2,1-6H3,(H2,46,59)(H2,47,60)(H2,48,61)(H,49,66)(H,50,68)(H,51,62)(H,52,63)(H,53,67)/t26-,27-,30-,31-,32-,33-,39?/m0/s1. The average molecular weight is 1010 g/mol. The second kappa shape index (κ2) is 32.6. The first-order chi connectivity index (χ1) is 32.9. The molecule has 0 fully saturated rings. The van der Waals surface area contributed by atoms with E-state index >= 15 is 0 Å². The summed E-state index contributed by atoms with van der Waals surface area (Å²) in [5.74, 6) is -9.44. The Hall–Kier alpha value is -6.18. The van der Waals surface area contributed by atoms with Crippen LogP contribution in [0.15, 0.2) is 24.3 Å². The Morgan fingerprint density at radius 3 is 1.87 bits per heavy atom. The van der Waals surface area contributed by atoms with Gasteiger partial charge in [-0.25, -0.2) is 10.9 Å². The lowest BCUT2D eigenvalue weighted by Gasteiger charge is -2.29. The van der Waals surface area contributed by atoms with Crippen molar-refractivity contribution in [1.82, 2.24) is 42.3 Å². The number of hydrogen-bond acceptors (Lipinski definition) is 16. The van der Waals surface area contributed by atoms with E-state index in [2.05, 4.69) is 37.4 Å². The van der Waals surface area contributed by atoms with Crippen molar-refractivity contribution < 1.29 is 63.0 Å². The first-order valence-electron chi connectivity index (χ1n) is 23.0. The number of amides is 9. The normalized spacial score (nSPS) is 14.1. The fourth-order valence-electron chi connectivity index (χ4n) is 6.76. The maximum absolute atomic E-state index is 14.1. The van der Waals surface area contributed by atoms with Crippen LogP contribution in [-0.2, 0) is 59.2 Å². The van der Waals surface area contributed by atoms with Crippen molar-refractivity contribution in [3.63, 3.8) is 0 Å². The molecule has 0 aromatic heterocycles. The summed E-state index contributed by atoms with van der Waals surface area (Å²) in [5, 5.41) is 31.8. The molecule has 0 saturated heterocycles. The molecule has 0 aliphatic carbocycles. The predicted molar refractivity (Wildman–Crippen MR) is 258 cm³/mol. The molecule has 7 atom stereocenters. The summed E-state index contributed by atoms with van der Waals surface area (Å²) >= 11 is 1.53. The van der Waals surface area contributed by atoms with E-state index in [1.54, 1.807) is 27.7 Å². The third-order valence-corrected chi connectivity index (χ3v) is 11.4. The molecule has 25 heteroatoms. The van der Waals surface area contributed by atoms with Gasteiger partial charge in [-0.15, -0.1) is 0 Å². The molecule has 1 aromatic carbocycles. The molecule has 0 bridgehead atoms. The van der Waals surface area contributed by atoms with Crippen molar-refractivity contribution >= 4 is 76.5 Å². The predicted octanol–water partition coefficient (Wildman–Crippen LogP) is -2.95. The second-order valence-corrected chi connectivity index (χ2v) is 18.2. The van der Waals surface area contributed by atoms with E-state index in [1.807, 2.05) is 6.26 Å². The van der Waals surface area contributed by atoms with Gasteiger partial charge < -0.3 is 58.9 Å². The molecule has 0 saturated carbocycles. The Labute approximate surface area is 412 Å². The fourth-order valence-corrected chi connectivity index (χ4v) is 7.19. The number of nitrogens with zero attached hydrogens (tertiary/aromatic N) is 1. The molecule has 0 radical (unpaired) electrons. The van der Waals surface area contributed by atoms with Crippen molar-refractivity contribution in [3.05, 3.63) is 29.8 Å². The van der Waals surface area contributed by atoms with Crippen LogP contribution in [0.3, 0.4) is 0 Å². The Morgan fingerprint density at radius 1 is 0.700 bits per heavy atom. The number of phenolic OH excluding ortho intramolecular Hbond substituents is 1. The highest BCUT2D eigenvalue weighted by Gasteiger charge is 2.37. The van der Waals surface area contributed by atoms with Crippen molar-refractivity contribution in [3.8, 4) is 5.75 Å². The van der Waals surface area contributed by atoms with Gasteiger partial charge in [-0.2, -0.15) is 11.8 Å². The SMILES string of the molecule is CC[C@H](C)C(NC(=O)[C@H](CCC(N)=O)NN[C@@H](CC(N)=O)C(=O)N[C@@H](C)C(=O)N(CCCO)CC(=O)N[C@@H](CC(C)C)C(=O)NCC(N)=O)C(=O)C(=O)[C@H](Cc1ccc(O)cc1)NC(=O)CCCSC. The number of primary amides is 3. The first kappa shape index (κ1) is 61.8. The van der Waals surface area contributed by atoms with Crippen LogP contribution in [0.4, 0.5) is 0 Å². The maximum Gasteiger partial charge on any atom is 0.245 e. The van der Waals surface area contributed by atoms with Gasteiger partial charge in [0.25, 0.3) is 0 Å². The molecule has 0 aliphatic heterocycles. The van der Waals surface area contributed by atoms with E-state index in [4.69, 9.17) is 17.2 Å². The number of hydrogen-bond donors (Lipinski definition) is 12.